The van der Waals surface area contributed by atoms with Crippen molar-refractivity contribution in [3.05, 3.63) is 6.42 Å². The van der Waals surface area contributed by atoms with Crippen LogP contribution in [0.5, 0.6) is 0 Å². The van der Waals surface area contributed by atoms with Crippen molar-refractivity contribution in [3.63, 3.8) is 0 Å². The molecule has 0 heteroatoms. The maximum absolute atomic E-state index is 2.84. The largest absolute Gasteiger partial charge is 0.0654 e. The van der Waals surface area contributed by atoms with E-state index in [-0.39, 0.29) is 0 Å². The van der Waals surface area contributed by atoms with Crippen molar-refractivity contribution in [3.8, 4) is 0 Å². The Kier molecular flexibility index (Phi) is 23.3. The molecule has 0 saturated heterocycles. The van der Waals surface area contributed by atoms with Crippen molar-refractivity contribution in [2.75, 3.05) is 0 Å². The molecule has 1 radical (unpaired) electrons. The van der Waals surface area contributed by atoms with Gasteiger partial charge in [-0.1, -0.05) is 163 Å². The Morgan fingerprint density at radius 2 is 0.679 bits per heavy atom. The zero-order valence-electron chi connectivity index (χ0n) is 20.6. The Morgan fingerprint density at radius 3 is 1.04 bits per heavy atom. The quantitative estimate of drug-likeness (QED) is 0.151. The molecule has 0 aromatic rings. The molecule has 1 atom stereocenters. The van der Waals surface area contributed by atoms with E-state index in [1.807, 2.05) is 0 Å². The monoisotopic (exact) mass is 393 g/mol. The van der Waals surface area contributed by atoms with Crippen LogP contribution in [0.15, 0.2) is 0 Å². The summed E-state index contributed by atoms with van der Waals surface area (Å²) in [4.78, 5) is 0. The Balaban J connectivity index is 4.25. The summed E-state index contributed by atoms with van der Waals surface area (Å²) in [7, 11) is 0. The molecule has 28 heavy (non-hydrogen) atoms. The van der Waals surface area contributed by atoms with E-state index in [1.165, 1.54) is 135 Å². The summed E-state index contributed by atoms with van der Waals surface area (Å²) < 4.78 is 0. The first-order chi connectivity index (χ1) is 13.8. The van der Waals surface area contributed by atoms with Crippen LogP contribution in [-0.4, -0.2) is 0 Å². The second kappa shape index (κ2) is 23.3. The Bertz CT molecular complexity index is 255. The highest BCUT2D eigenvalue weighted by molar-refractivity contribution is 4.84. The minimum absolute atomic E-state index is 0.896. The van der Waals surface area contributed by atoms with Crippen LogP contribution in [-0.2, 0) is 0 Å². The van der Waals surface area contributed by atoms with Crippen LogP contribution in [0.2, 0.25) is 0 Å². The van der Waals surface area contributed by atoms with Gasteiger partial charge in [0.15, 0.2) is 0 Å². The van der Waals surface area contributed by atoms with Crippen molar-refractivity contribution in [2.24, 2.45) is 11.8 Å². The molecule has 0 aliphatic rings. The molecule has 0 aliphatic carbocycles. The van der Waals surface area contributed by atoms with Gasteiger partial charge in [0.05, 0.1) is 0 Å². The molecular weight excluding hydrogens is 336 g/mol. The fraction of sp³-hybridized carbons (Fsp3) is 0.964. The molecule has 0 nitrogen and oxygen atoms in total. The summed E-state index contributed by atoms with van der Waals surface area (Å²) in [6.45, 7) is 9.35. The van der Waals surface area contributed by atoms with Gasteiger partial charge in [-0.3, -0.25) is 0 Å². The maximum Gasteiger partial charge on any atom is -0.0324 e. The van der Waals surface area contributed by atoms with E-state index in [4.69, 9.17) is 0 Å². The number of hydrogen-bond acceptors (Lipinski definition) is 0. The molecule has 0 saturated carbocycles. The van der Waals surface area contributed by atoms with Gasteiger partial charge in [0.2, 0.25) is 0 Å². The minimum Gasteiger partial charge on any atom is -0.0654 e. The van der Waals surface area contributed by atoms with Crippen molar-refractivity contribution in [1.82, 2.24) is 0 Å². The Morgan fingerprint density at radius 1 is 0.357 bits per heavy atom. The lowest BCUT2D eigenvalue weighted by molar-refractivity contribution is 0.371. The summed E-state index contributed by atoms with van der Waals surface area (Å²) >= 11 is 0. The van der Waals surface area contributed by atoms with Crippen LogP contribution in [0.1, 0.15) is 163 Å². The fourth-order valence-electron chi connectivity index (χ4n) is 4.64. The van der Waals surface area contributed by atoms with Gasteiger partial charge in [0, 0.05) is 0 Å². The standard InChI is InChI=1S/C28H57/c1-5-9-12-15-18-21-23-27(22-8-4)26-28(24-19-16-13-10-6-2)25-20-17-14-11-7-3/h26-28H,5-25H2,1-4H3. The molecule has 0 N–H and O–H groups in total. The minimum atomic E-state index is 0.896. The molecule has 0 aromatic heterocycles. The van der Waals surface area contributed by atoms with Crippen molar-refractivity contribution in [2.45, 2.75) is 163 Å². The van der Waals surface area contributed by atoms with E-state index in [1.54, 1.807) is 0 Å². The fourth-order valence-corrected chi connectivity index (χ4v) is 4.64. The van der Waals surface area contributed by atoms with Crippen LogP contribution in [0.3, 0.4) is 0 Å². The van der Waals surface area contributed by atoms with Gasteiger partial charge in [0.25, 0.3) is 0 Å². The van der Waals surface area contributed by atoms with Crippen LogP contribution < -0.4 is 0 Å². The third kappa shape index (κ3) is 19.3. The molecular formula is C28H57. The Labute approximate surface area is 181 Å². The SMILES string of the molecule is CCCCCCCCC([CH]C(CCCCCCC)CCCCCCC)CCC. The molecule has 0 aliphatic heterocycles. The second-order valence-electron chi connectivity index (χ2n) is 9.46. The van der Waals surface area contributed by atoms with E-state index < -0.39 is 0 Å². The zero-order chi connectivity index (χ0) is 20.7. The van der Waals surface area contributed by atoms with Gasteiger partial charge in [-0.15, -0.1) is 0 Å². The summed E-state index contributed by atoms with van der Waals surface area (Å²) in [5.74, 6) is 1.80. The van der Waals surface area contributed by atoms with E-state index in [0.29, 0.717) is 0 Å². The summed E-state index contributed by atoms with van der Waals surface area (Å²) in [6, 6.07) is 0. The van der Waals surface area contributed by atoms with Crippen molar-refractivity contribution in [1.29, 1.82) is 0 Å². The average Bonchev–Trinajstić information content (AvgIpc) is 2.70. The van der Waals surface area contributed by atoms with Gasteiger partial charge in [0.1, 0.15) is 0 Å². The zero-order valence-corrected chi connectivity index (χ0v) is 20.6. The first kappa shape index (κ1) is 28.0. The van der Waals surface area contributed by atoms with Crippen LogP contribution in [0.25, 0.3) is 0 Å². The molecule has 0 amide bonds. The molecule has 0 spiro atoms. The van der Waals surface area contributed by atoms with Crippen LogP contribution >= 0.6 is 0 Å². The first-order valence-electron chi connectivity index (χ1n) is 13.6. The molecule has 0 rings (SSSR count). The van der Waals surface area contributed by atoms with Gasteiger partial charge in [-0.05, 0) is 18.3 Å². The first-order valence-corrected chi connectivity index (χ1v) is 13.6. The lowest BCUT2D eigenvalue weighted by Gasteiger charge is -2.23. The number of rotatable bonds is 23. The lowest BCUT2D eigenvalue weighted by Crippen LogP contribution is -2.11. The summed E-state index contributed by atoms with van der Waals surface area (Å²) in [6.07, 6.45) is 33.0. The normalized spacial score (nSPS) is 12.8. The molecule has 1 unspecified atom stereocenters. The van der Waals surface area contributed by atoms with E-state index in [2.05, 4.69) is 34.1 Å². The summed E-state index contributed by atoms with van der Waals surface area (Å²) in [5.41, 5.74) is 0. The number of hydrogen-bond donors (Lipinski definition) is 0. The van der Waals surface area contributed by atoms with E-state index in [0.717, 1.165) is 11.8 Å². The smallest absolute Gasteiger partial charge is 0.0324 e. The number of unbranched alkanes of at least 4 members (excludes halogenated alkanes) is 13. The predicted octanol–water partition coefficient (Wildman–Crippen LogP) is 10.7. The van der Waals surface area contributed by atoms with Crippen molar-refractivity contribution >= 4 is 0 Å². The van der Waals surface area contributed by atoms with Crippen LogP contribution in [0, 0.1) is 18.3 Å². The van der Waals surface area contributed by atoms with Gasteiger partial charge in [-0.2, -0.15) is 0 Å². The van der Waals surface area contributed by atoms with Gasteiger partial charge >= 0.3 is 0 Å². The van der Waals surface area contributed by atoms with Gasteiger partial charge < -0.3 is 0 Å². The van der Waals surface area contributed by atoms with Crippen LogP contribution in [0.4, 0.5) is 0 Å². The molecule has 0 aromatic carbocycles. The lowest BCUT2D eigenvalue weighted by atomic mass is 9.82. The van der Waals surface area contributed by atoms with E-state index >= 15 is 0 Å². The van der Waals surface area contributed by atoms with Crippen molar-refractivity contribution < 1.29 is 0 Å². The molecule has 0 heterocycles. The third-order valence-corrected chi connectivity index (χ3v) is 6.49. The molecule has 0 fully saturated rings. The Hall–Kier alpha value is 0. The maximum atomic E-state index is 2.84. The highest BCUT2D eigenvalue weighted by Gasteiger charge is 2.16. The van der Waals surface area contributed by atoms with E-state index in [9.17, 15) is 0 Å². The average molecular weight is 394 g/mol. The topological polar surface area (TPSA) is 0 Å². The highest BCUT2D eigenvalue weighted by Crippen LogP contribution is 2.29. The summed E-state index contributed by atoms with van der Waals surface area (Å²) in [5, 5.41) is 0. The molecule has 0 bridgehead atoms. The second-order valence-corrected chi connectivity index (χ2v) is 9.46. The third-order valence-electron chi connectivity index (χ3n) is 6.49. The highest BCUT2D eigenvalue weighted by atomic mass is 14.2. The predicted molar refractivity (Wildman–Crippen MR) is 131 cm³/mol. The van der Waals surface area contributed by atoms with Gasteiger partial charge in [-0.25, -0.2) is 0 Å². The molecule has 169 valence electrons.